The number of halogens is 1. The molecule has 242 valence electrons. The van der Waals surface area contributed by atoms with Gasteiger partial charge in [-0.2, -0.15) is 0 Å². The second kappa shape index (κ2) is 15.3. The summed E-state index contributed by atoms with van der Waals surface area (Å²) in [5.41, 5.74) is 3.68. The fraction of sp³-hybridized carbons (Fsp3) is 0.278. The number of rotatable bonds is 13. The molecule has 0 aliphatic rings. The molecule has 46 heavy (non-hydrogen) atoms. The van der Waals surface area contributed by atoms with Crippen LogP contribution in [-0.2, 0) is 32.6 Å². The van der Waals surface area contributed by atoms with Crippen molar-refractivity contribution in [2.75, 3.05) is 18.0 Å². The Morgan fingerprint density at radius 3 is 2.04 bits per heavy atom. The Kier molecular flexibility index (Phi) is 11.5. The maximum atomic E-state index is 14.6. The highest BCUT2D eigenvalue weighted by Gasteiger charge is 2.35. The van der Waals surface area contributed by atoms with E-state index in [1.807, 2.05) is 82.3 Å². The molecule has 4 aromatic carbocycles. The van der Waals surface area contributed by atoms with E-state index in [2.05, 4.69) is 5.32 Å². The number of sulfonamides is 1. The first kappa shape index (κ1) is 34.5. The summed E-state index contributed by atoms with van der Waals surface area (Å²) >= 11 is 6.36. The Morgan fingerprint density at radius 1 is 0.848 bits per heavy atom. The molecule has 4 rings (SSSR count). The lowest BCUT2D eigenvalue weighted by atomic mass is 10.0. The molecule has 0 saturated heterocycles. The monoisotopic (exact) mass is 661 g/mol. The van der Waals surface area contributed by atoms with E-state index >= 15 is 0 Å². The van der Waals surface area contributed by atoms with Gasteiger partial charge in [0.2, 0.25) is 11.8 Å². The highest BCUT2D eigenvalue weighted by atomic mass is 35.5. The van der Waals surface area contributed by atoms with Gasteiger partial charge in [-0.1, -0.05) is 89.5 Å². The molecule has 0 spiro atoms. The van der Waals surface area contributed by atoms with E-state index in [0.717, 1.165) is 26.6 Å². The number of hydrogen-bond acceptors (Lipinski definition) is 5. The number of carbonyl (C=O) groups is 2. The SMILES string of the molecule is COc1ccc(Cl)cc1N(CC(=O)N(Cc1ccc(C)cc1)[C@H](Cc1ccccc1)C(=O)NC(C)C)S(=O)(=O)c1ccc(C)cc1. The normalized spacial score (nSPS) is 12.0. The molecule has 0 unspecified atom stereocenters. The lowest BCUT2D eigenvalue weighted by molar-refractivity contribution is -0.140. The first-order valence-corrected chi connectivity index (χ1v) is 16.8. The molecule has 1 atom stereocenters. The Bertz CT molecular complexity index is 1750. The molecular weight excluding hydrogens is 622 g/mol. The molecule has 0 saturated carbocycles. The van der Waals surface area contributed by atoms with E-state index in [-0.39, 0.29) is 46.3 Å². The van der Waals surface area contributed by atoms with Gasteiger partial charge in [0, 0.05) is 24.0 Å². The Morgan fingerprint density at radius 2 is 1.46 bits per heavy atom. The van der Waals surface area contributed by atoms with E-state index in [9.17, 15) is 18.0 Å². The van der Waals surface area contributed by atoms with E-state index in [4.69, 9.17) is 16.3 Å². The Hall–Kier alpha value is -4.34. The largest absolute Gasteiger partial charge is 0.495 e. The van der Waals surface area contributed by atoms with Gasteiger partial charge in [-0.15, -0.1) is 0 Å². The van der Waals surface area contributed by atoms with Gasteiger partial charge in [0.15, 0.2) is 0 Å². The number of aryl methyl sites for hydroxylation is 2. The number of carbonyl (C=O) groups excluding carboxylic acids is 2. The van der Waals surface area contributed by atoms with Gasteiger partial charge in [0.1, 0.15) is 18.3 Å². The Balaban J connectivity index is 1.85. The summed E-state index contributed by atoms with van der Waals surface area (Å²) in [6.07, 6.45) is 0.224. The number of amides is 2. The molecule has 0 aliphatic carbocycles. The summed E-state index contributed by atoms with van der Waals surface area (Å²) in [5.74, 6) is -0.693. The quantitative estimate of drug-likeness (QED) is 0.181. The second-order valence-corrected chi connectivity index (χ2v) is 13.8. The zero-order valence-corrected chi connectivity index (χ0v) is 28.3. The summed E-state index contributed by atoms with van der Waals surface area (Å²) < 4.78 is 35.1. The molecule has 10 heteroatoms. The fourth-order valence-electron chi connectivity index (χ4n) is 5.03. The molecule has 2 amide bonds. The van der Waals surface area contributed by atoms with Crippen LogP contribution in [0.2, 0.25) is 5.02 Å². The van der Waals surface area contributed by atoms with Crippen LogP contribution in [0.15, 0.2) is 102 Å². The van der Waals surface area contributed by atoms with Crippen molar-refractivity contribution in [3.05, 3.63) is 124 Å². The predicted molar refractivity (Wildman–Crippen MR) is 183 cm³/mol. The third kappa shape index (κ3) is 8.68. The summed E-state index contributed by atoms with van der Waals surface area (Å²) in [6, 6.07) is 26.9. The molecule has 0 heterocycles. The van der Waals surface area contributed by atoms with Crippen LogP contribution in [0.5, 0.6) is 5.75 Å². The fourth-order valence-corrected chi connectivity index (χ4v) is 6.62. The number of methoxy groups -OCH3 is 1. The third-order valence-electron chi connectivity index (χ3n) is 7.47. The van der Waals surface area contributed by atoms with Crippen molar-refractivity contribution in [3.63, 3.8) is 0 Å². The van der Waals surface area contributed by atoms with Crippen LogP contribution < -0.4 is 14.4 Å². The summed E-state index contributed by atoms with van der Waals surface area (Å²) in [4.78, 5) is 29.9. The maximum Gasteiger partial charge on any atom is 0.264 e. The molecular formula is C36H40ClN3O5S. The summed E-state index contributed by atoms with van der Waals surface area (Å²) in [7, 11) is -2.89. The van der Waals surface area contributed by atoms with E-state index in [1.165, 1.54) is 30.2 Å². The molecule has 8 nitrogen and oxygen atoms in total. The minimum Gasteiger partial charge on any atom is -0.495 e. The number of benzene rings is 4. The average molecular weight is 662 g/mol. The number of nitrogens with one attached hydrogen (secondary N) is 1. The highest BCUT2D eigenvalue weighted by Crippen LogP contribution is 2.35. The average Bonchev–Trinajstić information content (AvgIpc) is 3.02. The van der Waals surface area contributed by atoms with Crippen LogP contribution in [0, 0.1) is 13.8 Å². The van der Waals surface area contributed by atoms with Crippen molar-refractivity contribution < 1.29 is 22.7 Å². The van der Waals surface area contributed by atoms with Crippen LogP contribution in [0.25, 0.3) is 0 Å². The van der Waals surface area contributed by atoms with Crippen molar-refractivity contribution in [1.29, 1.82) is 0 Å². The van der Waals surface area contributed by atoms with Crippen molar-refractivity contribution in [3.8, 4) is 5.75 Å². The van der Waals surface area contributed by atoms with E-state index in [1.54, 1.807) is 24.3 Å². The standard InChI is InChI=1S/C36H40ClN3O5S/c1-25(2)38-36(42)33(21-28-9-7-6-8-10-28)39(23-29-15-11-26(3)12-16-29)35(41)24-40(32-22-30(37)17-20-34(32)45-5)46(43,44)31-18-13-27(4)14-19-31/h6-20,22,25,33H,21,23-24H2,1-5H3,(H,38,42)/t33-/m1/s1. The first-order chi connectivity index (χ1) is 21.9. The Labute approximate surface area is 277 Å². The third-order valence-corrected chi connectivity index (χ3v) is 9.48. The topological polar surface area (TPSA) is 96.0 Å². The van der Waals surface area contributed by atoms with Crippen molar-refractivity contribution in [2.24, 2.45) is 0 Å². The molecule has 0 aromatic heterocycles. The smallest absolute Gasteiger partial charge is 0.264 e. The predicted octanol–water partition coefficient (Wildman–Crippen LogP) is 6.33. The molecule has 0 aliphatic heterocycles. The molecule has 0 radical (unpaired) electrons. The van der Waals surface area contributed by atoms with Gasteiger partial charge in [-0.3, -0.25) is 13.9 Å². The van der Waals surface area contributed by atoms with Gasteiger partial charge in [-0.05, 0) is 69.2 Å². The van der Waals surface area contributed by atoms with Crippen LogP contribution in [0.1, 0.15) is 36.1 Å². The van der Waals surface area contributed by atoms with Gasteiger partial charge >= 0.3 is 0 Å². The van der Waals surface area contributed by atoms with Crippen molar-refractivity contribution in [2.45, 2.75) is 57.6 Å². The molecule has 0 bridgehead atoms. The molecule has 1 N–H and O–H groups in total. The molecule has 0 fully saturated rings. The highest BCUT2D eigenvalue weighted by molar-refractivity contribution is 7.92. The van der Waals surface area contributed by atoms with Gasteiger partial charge in [0.25, 0.3) is 10.0 Å². The van der Waals surface area contributed by atoms with Crippen LogP contribution >= 0.6 is 11.6 Å². The van der Waals surface area contributed by atoms with Crippen LogP contribution in [0.3, 0.4) is 0 Å². The maximum absolute atomic E-state index is 14.6. The minimum atomic E-state index is -4.30. The van der Waals surface area contributed by atoms with Gasteiger partial charge < -0.3 is 15.0 Å². The number of ether oxygens (including phenoxy) is 1. The van der Waals surface area contributed by atoms with Crippen molar-refractivity contribution in [1.82, 2.24) is 10.2 Å². The van der Waals surface area contributed by atoms with Crippen molar-refractivity contribution >= 4 is 39.1 Å². The zero-order chi connectivity index (χ0) is 33.4. The zero-order valence-electron chi connectivity index (χ0n) is 26.7. The summed E-state index contributed by atoms with van der Waals surface area (Å²) in [5, 5.41) is 3.23. The van der Waals surface area contributed by atoms with Gasteiger partial charge in [-0.25, -0.2) is 8.42 Å². The van der Waals surface area contributed by atoms with E-state index in [0.29, 0.717) is 0 Å². The van der Waals surface area contributed by atoms with Gasteiger partial charge in [0.05, 0.1) is 17.7 Å². The molecule has 4 aromatic rings. The van der Waals surface area contributed by atoms with E-state index < -0.39 is 28.5 Å². The van der Waals surface area contributed by atoms with Crippen LogP contribution in [0.4, 0.5) is 5.69 Å². The first-order valence-electron chi connectivity index (χ1n) is 15.0. The second-order valence-electron chi connectivity index (χ2n) is 11.5. The summed E-state index contributed by atoms with van der Waals surface area (Å²) in [6.45, 7) is 6.99. The number of hydrogen-bond donors (Lipinski definition) is 1. The lowest BCUT2D eigenvalue weighted by Gasteiger charge is -2.34. The number of anilines is 1. The lowest BCUT2D eigenvalue weighted by Crippen LogP contribution is -2.54. The van der Waals surface area contributed by atoms with Crippen LogP contribution in [-0.4, -0.2) is 50.9 Å². The number of nitrogens with zero attached hydrogens (tertiary/aromatic N) is 2. The minimum absolute atomic E-state index is 0.00333.